The van der Waals surface area contributed by atoms with Gasteiger partial charge in [-0.3, -0.25) is 0 Å². The van der Waals surface area contributed by atoms with E-state index < -0.39 is 12.5 Å². The van der Waals surface area contributed by atoms with Crippen LogP contribution in [0.3, 0.4) is 0 Å². The zero-order valence-electron chi connectivity index (χ0n) is 7.17. The highest BCUT2D eigenvalue weighted by Crippen LogP contribution is 2.27. The van der Waals surface area contributed by atoms with Gasteiger partial charge in [0.15, 0.2) is 0 Å². The van der Waals surface area contributed by atoms with Crippen molar-refractivity contribution >= 4 is 0 Å². The molecular formula is C9H11F2NO. The molecule has 0 saturated carbocycles. The fourth-order valence-electron chi connectivity index (χ4n) is 1.07. The molecule has 0 saturated heterocycles. The van der Waals surface area contributed by atoms with E-state index in [1.807, 2.05) is 0 Å². The van der Waals surface area contributed by atoms with Crippen molar-refractivity contribution in [3.63, 3.8) is 0 Å². The van der Waals surface area contributed by atoms with E-state index in [1.165, 1.54) is 12.1 Å². The van der Waals surface area contributed by atoms with Crippen LogP contribution < -0.4 is 5.73 Å². The minimum Gasteiger partial charge on any atom is -0.508 e. The van der Waals surface area contributed by atoms with Gasteiger partial charge in [0.1, 0.15) is 5.75 Å². The Morgan fingerprint density at radius 2 is 2.00 bits per heavy atom. The fourth-order valence-corrected chi connectivity index (χ4v) is 1.07. The second kappa shape index (κ2) is 3.70. The smallest absolute Gasteiger partial charge is 0.257 e. The summed E-state index contributed by atoms with van der Waals surface area (Å²) in [7, 11) is 0. The quantitative estimate of drug-likeness (QED) is 0.743. The first-order valence-corrected chi connectivity index (χ1v) is 3.85. The maximum atomic E-state index is 12.2. The van der Waals surface area contributed by atoms with Crippen molar-refractivity contribution in [2.24, 2.45) is 5.73 Å². The molecule has 0 radical (unpaired) electrons. The predicted molar refractivity (Wildman–Crippen MR) is 45.8 cm³/mol. The van der Waals surface area contributed by atoms with Gasteiger partial charge in [0.2, 0.25) is 0 Å². The number of hydrogen-bond donors (Lipinski definition) is 2. The Kier molecular flexibility index (Phi) is 2.83. The molecule has 0 unspecified atom stereocenters. The zero-order chi connectivity index (χ0) is 10.0. The molecule has 1 rings (SSSR count). The molecule has 3 N–H and O–H groups in total. The van der Waals surface area contributed by atoms with Gasteiger partial charge in [-0.15, -0.1) is 0 Å². The third-order valence-electron chi connectivity index (χ3n) is 1.82. The van der Waals surface area contributed by atoms with E-state index in [0.29, 0.717) is 0 Å². The monoisotopic (exact) mass is 187 g/mol. The number of benzene rings is 1. The fraction of sp³-hybridized carbons (Fsp3) is 0.333. The van der Waals surface area contributed by atoms with Crippen LogP contribution in [0.1, 0.15) is 17.2 Å². The normalized spacial score (nSPS) is 13.3. The largest absolute Gasteiger partial charge is 0.508 e. The summed E-state index contributed by atoms with van der Waals surface area (Å²) in [5.74, 6) is -0.173. The summed E-state index contributed by atoms with van der Waals surface area (Å²) < 4.78 is 24.3. The van der Waals surface area contributed by atoms with Gasteiger partial charge in [-0.25, -0.2) is 8.78 Å². The highest BCUT2D eigenvalue weighted by atomic mass is 19.3. The first kappa shape index (κ1) is 9.92. The van der Waals surface area contributed by atoms with Crippen molar-refractivity contribution in [2.75, 3.05) is 0 Å². The van der Waals surface area contributed by atoms with Gasteiger partial charge in [0, 0.05) is 5.56 Å². The van der Waals surface area contributed by atoms with Gasteiger partial charge in [-0.2, -0.15) is 0 Å². The van der Waals surface area contributed by atoms with Crippen molar-refractivity contribution in [3.05, 3.63) is 29.3 Å². The van der Waals surface area contributed by atoms with Crippen molar-refractivity contribution in [2.45, 2.75) is 19.4 Å². The summed E-state index contributed by atoms with van der Waals surface area (Å²) in [6.45, 7) is 1.76. The summed E-state index contributed by atoms with van der Waals surface area (Å²) in [5.41, 5.74) is 6.07. The van der Waals surface area contributed by atoms with Crippen molar-refractivity contribution in [1.29, 1.82) is 0 Å². The van der Waals surface area contributed by atoms with E-state index in [-0.39, 0.29) is 11.3 Å². The Labute approximate surface area is 75.0 Å². The number of phenolic OH excluding ortho intramolecular Hbond substituents is 1. The molecule has 1 atom stereocenters. The van der Waals surface area contributed by atoms with Gasteiger partial charge >= 0.3 is 0 Å². The van der Waals surface area contributed by atoms with Gasteiger partial charge in [-0.05, 0) is 18.6 Å². The SMILES string of the molecule is Cc1ccc([C@@H](N)C(F)F)c(O)c1. The number of hydrogen-bond acceptors (Lipinski definition) is 2. The molecule has 0 aliphatic rings. The minimum atomic E-state index is -2.66. The summed E-state index contributed by atoms with van der Waals surface area (Å²) in [6, 6.07) is 3.05. The predicted octanol–water partition coefficient (Wildman–Crippen LogP) is 1.97. The number of nitrogens with two attached hydrogens (primary N) is 1. The number of aromatic hydroxyl groups is 1. The van der Waals surface area contributed by atoms with E-state index in [2.05, 4.69) is 0 Å². The van der Waals surface area contributed by atoms with E-state index in [1.54, 1.807) is 13.0 Å². The molecular weight excluding hydrogens is 176 g/mol. The Bertz CT molecular complexity index is 302. The average molecular weight is 187 g/mol. The Balaban J connectivity index is 3.01. The number of halogens is 2. The highest BCUT2D eigenvalue weighted by molar-refractivity contribution is 5.38. The molecule has 0 heterocycles. The van der Waals surface area contributed by atoms with Crippen LogP contribution in [0.4, 0.5) is 8.78 Å². The molecule has 0 amide bonds. The average Bonchev–Trinajstić information content (AvgIpc) is 2.03. The summed E-state index contributed by atoms with van der Waals surface area (Å²) in [5, 5.41) is 9.30. The van der Waals surface area contributed by atoms with Crippen LogP contribution in [0.25, 0.3) is 0 Å². The molecule has 72 valence electrons. The van der Waals surface area contributed by atoms with Gasteiger partial charge in [-0.1, -0.05) is 12.1 Å². The molecule has 2 nitrogen and oxygen atoms in total. The highest BCUT2D eigenvalue weighted by Gasteiger charge is 2.20. The third kappa shape index (κ3) is 2.15. The lowest BCUT2D eigenvalue weighted by Gasteiger charge is -2.12. The second-order valence-electron chi connectivity index (χ2n) is 2.92. The molecule has 0 bridgehead atoms. The lowest BCUT2D eigenvalue weighted by Crippen LogP contribution is -2.18. The van der Waals surface area contributed by atoms with Crippen LogP contribution in [0.5, 0.6) is 5.75 Å². The maximum absolute atomic E-state index is 12.2. The minimum absolute atomic E-state index is 0.0839. The number of alkyl halides is 2. The maximum Gasteiger partial charge on any atom is 0.257 e. The van der Waals surface area contributed by atoms with Crippen LogP contribution in [-0.2, 0) is 0 Å². The van der Waals surface area contributed by atoms with E-state index in [9.17, 15) is 13.9 Å². The Morgan fingerprint density at radius 3 is 2.46 bits per heavy atom. The number of phenols is 1. The van der Waals surface area contributed by atoms with Gasteiger partial charge in [0.25, 0.3) is 6.43 Å². The van der Waals surface area contributed by atoms with Gasteiger partial charge < -0.3 is 10.8 Å². The Morgan fingerprint density at radius 1 is 1.38 bits per heavy atom. The molecule has 1 aromatic rings. The van der Waals surface area contributed by atoms with E-state index in [0.717, 1.165) is 5.56 Å². The van der Waals surface area contributed by atoms with Crippen LogP contribution in [0.15, 0.2) is 18.2 Å². The molecule has 13 heavy (non-hydrogen) atoms. The third-order valence-corrected chi connectivity index (χ3v) is 1.82. The topological polar surface area (TPSA) is 46.2 Å². The van der Waals surface area contributed by atoms with Gasteiger partial charge in [0.05, 0.1) is 6.04 Å². The summed E-state index contributed by atoms with van der Waals surface area (Å²) in [6.07, 6.45) is -2.66. The van der Waals surface area contributed by atoms with Crippen molar-refractivity contribution in [3.8, 4) is 5.75 Å². The second-order valence-corrected chi connectivity index (χ2v) is 2.92. The molecule has 1 aromatic carbocycles. The van der Waals surface area contributed by atoms with Crippen LogP contribution in [0, 0.1) is 6.92 Å². The standard InChI is InChI=1S/C9H11F2NO/c1-5-2-3-6(7(13)4-5)8(12)9(10)11/h2-4,8-9,13H,12H2,1H3/t8-/m1/s1. The molecule has 0 aromatic heterocycles. The summed E-state index contributed by atoms with van der Waals surface area (Å²) in [4.78, 5) is 0. The zero-order valence-corrected chi connectivity index (χ0v) is 7.17. The first-order valence-electron chi connectivity index (χ1n) is 3.85. The van der Waals surface area contributed by atoms with Crippen LogP contribution in [0.2, 0.25) is 0 Å². The lowest BCUT2D eigenvalue weighted by molar-refractivity contribution is 0.115. The van der Waals surface area contributed by atoms with E-state index >= 15 is 0 Å². The molecule has 0 spiro atoms. The molecule has 4 heteroatoms. The van der Waals surface area contributed by atoms with Crippen LogP contribution in [-0.4, -0.2) is 11.5 Å². The lowest BCUT2D eigenvalue weighted by atomic mass is 10.1. The number of rotatable bonds is 2. The van der Waals surface area contributed by atoms with Crippen molar-refractivity contribution < 1.29 is 13.9 Å². The number of aryl methyl sites for hydroxylation is 1. The molecule has 0 aliphatic carbocycles. The molecule has 0 fully saturated rings. The van der Waals surface area contributed by atoms with Crippen LogP contribution >= 0.6 is 0 Å². The molecule has 0 aliphatic heterocycles. The first-order chi connectivity index (χ1) is 6.02. The van der Waals surface area contributed by atoms with E-state index in [4.69, 9.17) is 5.73 Å². The summed E-state index contributed by atoms with van der Waals surface area (Å²) >= 11 is 0. The van der Waals surface area contributed by atoms with Crippen molar-refractivity contribution in [1.82, 2.24) is 0 Å². The Hall–Kier alpha value is -1.16.